The van der Waals surface area contributed by atoms with Crippen molar-refractivity contribution in [3.63, 3.8) is 0 Å². The maximum absolute atomic E-state index is 6.13. The zero-order valence-corrected chi connectivity index (χ0v) is 11.6. The van der Waals surface area contributed by atoms with E-state index in [1.165, 1.54) is 25.8 Å². The maximum atomic E-state index is 6.13. The Hall–Kier alpha value is -1.42. The van der Waals surface area contributed by atoms with Gasteiger partial charge >= 0.3 is 0 Å². The fourth-order valence-corrected chi connectivity index (χ4v) is 3.30. The first-order valence-electron chi connectivity index (χ1n) is 7.20. The lowest BCUT2D eigenvalue weighted by atomic mass is 9.99. The van der Waals surface area contributed by atoms with Gasteiger partial charge in [-0.1, -0.05) is 6.42 Å². The summed E-state index contributed by atoms with van der Waals surface area (Å²) >= 11 is 0. The van der Waals surface area contributed by atoms with Crippen LogP contribution in [0.1, 0.15) is 19.3 Å². The second-order valence-corrected chi connectivity index (χ2v) is 5.56. The van der Waals surface area contributed by atoms with Crippen molar-refractivity contribution >= 4 is 11.4 Å². The molecule has 1 atom stereocenters. The first kappa shape index (κ1) is 12.6. The molecule has 4 heteroatoms. The molecule has 0 aromatic heterocycles. The van der Waals surface area contributed by atoms with E-state index >= 15 is 0 Å². The maximum Gasteiger partial charge on any atom is 0.121 e. The van der Waals surface area contributed by atoms with E-state index in [9.17, 15) is 0 Å². The van der Waals surface area contributed by atoms with Crippen LogP contribution in [0.4, 0.5) is 11.4 Å². The van der Waals surface area contributed by atoms with E-state index in [1.54, 1.807) is 7.11 Å². The highest BCUT2D eigenvalue weighted by Gasteiger charge is 2.29. The molecule has 0 saturated carbocycles. The van der Waals surface area contributed by atoms with Crippen molar-refractivity contribution < 1.29 is 4.74 Å². The van der Waals surface area contributed by atoms with Crippen LogP contribution in [0, 0.1) is 0 Å². The Morgan fingerprint density at radius 2 is 2.11 bits per heavy atom. The normalized spacial score (nSPS) is 24.1. The third kappa shape index (κ3) is 2.50. The third-order valence-corrected chi connectivity index (χ3v) is 4.42. The average molecular weight is 261 g/mol. The van der Waals surface area contributed by atoms with E-state index in [2.05, 4.69) is 15.9 Å². The molecule has 1 aromatic carbocycles. The van der Waals surface area contributed by atoms with Gasteiger partial charge in [-0.05, 0) is 31.5 Å². The van der Waals surface area contributed by atoms with Crippen molar-refractivity contribution in [2.45, 2.75) is 25.3 Å². The van der Waals surface area contributed by atoms with E-state index in [0.717, 1.165) is 36.8 Å². The molecule has 0 spiro atoms. The SMILES string of the molecule is COc1ccc(N)c(N2CCN3CCCCC3C2)c1. The quantitative estimate of drug-likeness (QED) is 0.826. The minimum absolute atomic E-state index is 0.702. The molecule has 2 heterocycles. The zero-order chi connectivity index (χ0) is 13.2. The minimum atomic E-state index is 0.702. The number of hydrogen-bond acceptors (Lipinski definition) is 4. The molecule has 4 nitrogen and oxygen atoms in total. The van der Waals surface area contributed by atoms with Crippen molar-refractivity contribution in [1.82, 2.24) is 4.90 Å². The minimum Gasteiger partial charge on any atom is -0.497 e. The molecule has 2 N–H and O–H groups in total. The predicted octanol–water partition coefficient (Wildman–Crippen LogP) is 1.95. The van der Waals surface area contributed by atoms with Crippen molar-refractivity contribution in [3.8, 4) is 5.75 Å². The fourth-order valence-electron chi connectivity index (χ4n) is 3.30. The molecule has 19 heavy (non-hydrogen) atoms. The van der Waals surface area contributed by atoms with Crippen molar-refractivity contribution in [3.05, 3.63) is 18.2 Å². The summed E-state index contributed by atoms with van der Waals surface area (Å²) in [7, 11) is 1.70. The van der Waals surface area contributed by atoms with Crippen LogP contribution in [0.2, 0.25) is 0 Å². The zero-order valence-electron chi connectivity index (χ0n) is 11.6. The lowest BCUT2D eigenvalue weighted by molar-refractivity contribution is 0.133. The molecule has 104 valence electrons. The topological polar surface area (TPSA) is 41.7 Å². The van der Waals surface area contributed by atoms with Gasteiger partial charge in [0.1, 0.15) is 5.75 Å². The van der Waals surface area contributed by atoms with Crippen molar-refractivity contribution in [1.29, 1.82) is 0 Å². The number of rotatable bonds is 2. The summed E-state index contributed by atoms with van der Waals surface area (Å²) < 4.78 is 5.31. The highest BCUT2D eigenvalue weighted by atomic mass is 16.5. The van der Waals surface area contributed by atoms with Gasteiger partial charge in [0, 0.05) is 31.7 Å². The van der Waals surface area contributed by atoms with Crippen LogP contribution in [0.25, 0.3) is 0 Å². The van der Waals surface area contributed by atoms with Crippen molar-refractivity contribution in [2.24, 2.45) is 0 Å². The molecule has 0 amide bonds. The summed E-state index contributed by atoms with van der Waals surface area (Å²) in [5, 5.41) is 0. The Kier molecular flexibility index (Phi) is 3.51. The molecular weight excluding hydrogens is 238 g/mol. The summed E-state index contributed by atoms with van der Waals surface area (Å²) in [6, 6.07) is 6.64. The summed E-state index contributed by atoms with van der Waals surface area (Å²) in [6.07, 6.45) is 4.04. The molecule has 2 fully saturated rings. The van der Waals surface area contributed by atoms with Gasteiger partial charge in [0.15, 0.2) is 0 Å². The Bertz CT molecular complexity index is 449. The predicted molar refractivity (Wildman–Crippen MR) is 78.8 cm³/mol. The van der Waals surface area contributed by atoms with Gasteiger partial charge < -0.3 is 15.4 Å². The highest BCUT2D eigenvalue weighted by molar-refractivity contribution is 5.70. The van der Waals surface area contributed by atoms with Crippen LogP contribution >= 0.6 is 0 Å². The Morgan fingerprint density at radius 1 is 1.21 bits per heavy atom. The van der Waals surface area contributed by atoms with Crippen LogP contribution in [0.3, 0.4) is 0 Å². The number of methoxy groups -OCH3 is 1. The van der Waals surface area contributed by atoms with Gasteiger partial charge in [0.05, 0.1) is 18.5 Å². The second-order valence-electron chi connectivity index (χ2n) is 5.56. The number of fused-ring (bicyclic) bond motifs is 1. The lowest BCUT2D eigenvalue weighted by Crippen LogP contribution is -2.55. The number of anilines is 2. The lowest BCUT2D eigenvalue weighted by Gasteiger charge is -2.45. The van der Waals surface area contributed by atoms with Crippen molar-refractivity contribution in [2.75, 3.05) is 43.9 Å². The van der Waals surface area contributed by atoms with E-state index in [1.807, 2.05) is 12.1 Å². The van der Waals surface area contributed by atoms with Gasteiger partial charge in [-0.2, -0.15) is 0 Å². The molecule has 3 rings (SSSR count). The monoisotopic (exact) mass is 261 g/mol. The number of nitrogens with two attached hydrogens (primary N) is 1. The number of nitrogens with zero attached hydrogens (tertiary/aromatic N) is 2. The molecule has 1 unspecified atom stereocenters. The van der Waals surface area contributed by atoms with E-state index in [4.69, 9.17) is 10.5 Å². The molecule has 0 radical (unpaired) electrons. The standard InChI is InChI=1S/C15H23N3O/c1-19-13-5-6-14(16)15(10-13)18-9-8-17-7-3-2-4-12(17)11-18/h5-6,10,12H,2-4,7-9,11,16H2,1H3. The molecule has 0 aliphatic carbocycles. The third-order valence-electron chi connectivity index (χ3n) is 4.42. The average Bonchev–Trinajstić information content (AvgIpc) is 2.47. The first-order valence-corrected chi connectivity index (χ1v) is 7.20. The Balaban J connectivity index is 1.79. The number of hydrogen-bond donors (Lipinski definition) is 1. The van der Waals surface area contributed by atoms with E-state index in [-0.39, 0.29) is 0 Å². The fraction of sp³-hybridized carbons (Fsp3) is 0.600. The summed E-state index contributed by atoms with van der Waals surface area (Å²) in [5.41, 5.74) is 8.11. The van der Waals surface area contributed by atoms with E-state index < -0.39 is 0 Å². The summed E-state index contributed by atoms with van der Waals surface area (Å²) in [5.74, 6) is 0.885. The van der Waals surface area contributed by atoms with Crippen LogP contribution < -0.4 is 15.4 Å². The molecular formula is C15H23N3O. The largest absolute Gasteiger partial charge is 0.497 e. The van der Waals surface area contributed by atoms with Crippen LogP contribution in [0.15, 0.2) is 18.2 Å². The van der Waals surface area contributed by atoms with Crippen LogP contribution in [-0.4, -0.2) is 44.2 Å². The summed E-state index contributed by atoms with van der Waals surface area (Å²) in [4.78, 5) is 5.06. The van der Waals surface area contributed by atoms with Crippen LogP contribution in [-0.2, 0) is 0 Å². The number of benzene rings is 1. The van der Waals surface area contributed by atoms with Crippen LogP contribution in [0.5, 0.6) is 5.75 Å². The number of piperidine rings is 1. The number of piperazine rings is 1. The number of ether oxygens (including phenoxy) is 1. The molecule has 0 bridgehead atoms. The molecule has 2 saturated heterocycles. The molecule has 1 aromatic rings. The molecule has 2 aliphatic heterocycles. The Labute approximate surface area is 115 Å². The van der Waals surface area contributed by atoms with Gasteiger partial charge in [0.25, 0.3) is 0 Å². The van der Waals surface area contributed by atoms with Gasteiger partial charge in [-0.15, -0.1) is 0 Å². The smallest absolute Gasteiger partial charge is 0.121 e. The highest BCUT2D eigenvalue weighted by Crippen LogP contribution is 2.31. The van der Waals surface area contributed by atoms with Gasteiger partial charge in [-0.3, -0.25) is 4.90 Å². The summed E-state index contributed by atoms with van der Waals surface area (Å²) in [6.45, 7) is 4.58. The second kappa shape index (κ2) is 5.29. The first-order chi connectivity index (χ1) is 9.28. The molecule has 2 aliphatic rings. The number of nitrogen functional groups attached to an aromatic ring is 1. The van der Waals surface area contributed by atoms with E-state index in [0.29, 0.717) is 6.04 Å². The Morgan fingerprint density at radius 3 is 2.95 bits per heavy atom. The van der Waals surface area contributed by atoms with Gasteiger partial charge in [0.2, 0.25) is 0 Å². The van der Waals surface area contributed by atoms with Gasteiger partial charge in [-0.25, -0.2) is 0 Å².